The van der Waals surface area contributed by atoms with Crippen molar-refractivity contribution in [3.8, 4) is 0 Å². The third-order valence-corrected chi connectivity index (χ3v) is 3.12. The zero-order chi connectivity index (χ0) is 10.8. The molecule has 2 unspecified atom stereocenters. The van der Waals surface area contributed by atoms with Crippen molar-refractivity contribution in [2.24, 2.45) is 0 Å². The molecule has 1 amide bonds. The van der Waals surface area contributed by atoms with Crippen molar-refractivity contribution in [2.75, 3.05) is 0 Å². The maximum absolute atomic E-state index is 11.7. The maximum Gasteiger partial charge on any atom is 0.290 e. The van der Waals surface area contributed by atoms with E-state index in [-0.39, 0.29) is 23.1 Å². The predicted molar refractivity (Wildman–Crippen MR) is 56.0 cm³/mol. The number of amides is 1. The van der Waals surface area contributed by atoms with Crippen LogP contribution in [0.3, 0.4) is 0 Å². The molecule has 82 valence electrons. The molecule has 1 aliphatic carbocycles. The van der Waals surface area contributed by atoms with Crippen LogP contribution in [0.2, 0.25) is 0 Å². The first-order valence-electron chi connectivity index (χ1n) is 5.05. The predicted octanol–water partition coefficient (Wildman–Crippen LogP) is 1.87. The fraction of sp³-hybridized carbons (Fsp3) is 0.600. The van der Waals surface area contributed by atoms with Crippen LogP contribution >= 0.6 is 11.6 Å². The molecule has 4 nitrogen and oxygen atoms in total. The van der Waals surface area contributed by atoms with E-state index in [9.17, 15) is 4.79 Å². The molecule has 0 aromatic carbocycles. The topological polar surface area (TPSA) is 55.1 Å². The van der Waals surface area contributed by atoms with Crippen molar-refractivity contribution in [1.82, 2.24) is 10.5 Å². The number of aromatic nitrogens is 1. The van der Waals surface area contributed by atoms with Gasteiger partial charge in [0.05, 0.1) is 11.1 Å². The molecule has 1 aromatic heterocycles. The molecular weight excluding hydrogens is 216 g/mol. The van der Waals surface area contributed by atoms with Gasteiger partial charge in [0, 0.05) is 12.1 Å². The van der Waals surface area contributed by atoms with Gasteiger partial charge >= 0.3 is 0 Å². The van der Waals surface area contributed by atoms with Gasteiger partial charge in [0.1, 0.15) is 0 Å². The molecule has 2 atom stereocenters. The van der Waals surface area contributed by atoms with Crippen LogP contribution in [0.4, 0.5) is 0 Å². The third kappa shape index (κ3) is 2.31. The van der Waals surface area contributed by atoms with Crippen molar-refractivity contribution in [3.63, 3.8) is 0 Å². The van der Waals surface area contributed by atoms with Crippen LogP contribution in [0, 0.1) is 6.92 Å². The minimum absolute atomic E-state index is 0.0398. The molecule has 1 fully saturated rings. The molecule has 1 N–H and O–H groups in total. The summed E-state index contributed by atoms with van der Waals surface area (Å²) in [5.74, 6) is 0.0245. The number of nitrogens with zero attached hydrogens (tertiary/aromatic N) is 1. The summed E-state index contributed by atoms with van der Waals surface area (Å²) in [7, 11) is 0. The van der Waals surface area contributed by atoms with Crippen molar-refractivity contribution in [1.29, 1.82) is 0 Å². The fourth-order valence-corrected chi connectivity index (χ4v) is 2.13. The van der Waals surface area contributed by atoms with Crippen LogP contribution in [0.1, 0.15) is 35.5 Å². The van der Waals surface area contributed by atoms with E-state index in [0.717, 1.165) is 19.3 Å². The summed E-state index contributed by atoms with van der Waals surface area (Å²) in [6, 6.07) is 1.68. The van der Waals surface area contributed by atoms with Gasteiger partial charge in [-0.05, 0) is 26.2 Å². The highest BCUT2D eigenvalue weighted by Gasteiger charge is 2.27. The summed E-state index contributed by atoms with van der Waals surface area (Å²) in [5.41, 5.74) is 0.703. The van der Waals surface area contributed by atoms with Crippen molar-refractivity contribution in [2.45, 2.75) is 37.6 Å². The molecule has 15 heavy (non-hydrogen) atoms. The van der Waals surface area contributed by atoms with Crippen LogP contribution < -0.4 is 5.32 Å². The van der Waals surface area contributed by atoms with E-state index in [1.165, 1.54) is 0 Å². The van der Waals surface area contributed by atoms with Crippen molar-refractivity contribution >= 4 is 17.5 Å². The molecule has 1 aromatic rings. The average Bonchev–Trinajstić information content (AvgIpc) is 2.77. The summed E-state index contributed by atoms with van der Waals surface area (Å²) < 4.78 is 4.87. The second-order valence-corrected chi connectivity index (χ2v) is 4.42. The fourth-order valence-electron chi connectivity index (χ4n) is 1.79. The minimum Gasteiger partial charge on any atom is -0.351 e. The van der Waals surface area contributed by atoms with Crippen LogP contribution in [-0.2, 0) is 0 Å². The molecule has 0 bridgehead atoms. The lowest BCUT2D eigenvalue weighted by Gasteiger charge is -2.14. The van der Waals surface area contributed by atoms with Gasteiger partial charge in [0.2, 0.25) is 5.76 Å². The molecule has 0 spiro atoms. The Labute approximate surface area is 93.0 Å². The third-order valence-electron chi connectivity index (χ3n) is 2.60. The van der Waals surface area contributed by atoms with Crippen LogP contribution in [0.5, 0.6) is 0 Å². The van der Waals surface area contributed by atoms with Crippen molar-refractivity contribution < 1.29 is 9.32 Å². The largest absolute Gasteiger partial charge is 0.351 e. The van der Waals surface area contributed by atoms with E-state index < -0.39 is 0 Å². The molecule has 1 saturated carbocycles. The summed E-state index contributed by atoms with van der Waals surface area (Å²) in [6.07, 6.45) is 2.96. The van der Waals surface area contributed by atoms with E-state index in [4.69, 9.17) is 16.1 Å². The van der Waals surface area contributed by atoms with Gasteiger partial charge in [-0.1, -0.05) is 5.16 Å². The Balaban J connectivity index is 1.97. The SMILES string of the molecule is Cc1cc(C(=O)NC2CCCC2Cl)on1. The number of rotatable bonds is 2. The Bertz CT molecular complexity index is 364. The van der Waals surface area contributed by atoms with E-state index in [1.807, 2.05) is 0 Å². The number of carbonyl (C=O) groups excluding carboxylic acids is 1. The second kappa shape index (κ2) is 4.23. The van der Waals surface area contributed by atoms with Gasteiger partial charge in [-0.15, -0.1) is 11.6 Å². The van der Waals surface area contributed by atoms with Gasteiger partial charge in [-0.25, -0.2) is 0 Å². The zero-order valence-corrected chi connectivity index (χ0v) is 9.25. The lowest BCUT2D eigenvalue weighted by atomic mass is 10.2. The van der Waals surface area contributed by atoms with E-state index in [1.54, 1.807) is 13.0 Å². The lowest BCUT2D eigenvalue weighted by molar-refractivity contribution is 0.0901. The number of alkyl halides is 1. The van der Waals surface area contributed by atoms with E-state index >= 15 is 0 Å². The second-order valence-electron chi connectivity index (χ2n) is 3.86. The molecule has 5 heteroatoms. The summed E-state index contributed by atoms with van der Waals surface area (Å²) in [6.45, 7) is 1.78. The Morgan fingerprint density at radius 1 is 1.67 bits per heavy atom. The number of hydrogen-bond acceptors (Lipinski definition) is 3. The standard InChI is InChI=1S/C10H13ClN2O2/c1-6-5-9(15-13-6)10(14)12-8-4-2-3-7(8)11/h5,7-8H,2-4H2,1H3,(H,12,14). The molecule has 1 heterocycles. The Morgan fingerprint density at radius 2 is 2.47 bits per heavy atom. The molecule has 1 aliphatic rings. The first-order valence-corrected chi connectivity index (χ1v) is 5.48. The smallest absolute Gasteiger partial charge is 0.290 e. The van der Waals surface area contributed by atoms with Crippen LogP contribution in [0.25, 0.3) is 0 Å². The molecular formula is C10H13ClN2O2. The first-order chi connectivity index (χ1) is 7.16. The summed E-state index contributed by atoms with van der Waals surface area (Å²) in [4.78, 5) is 11.7. The molecule has 0 saturated heterocycles. The van der Waals surface area contributed by atoms with Gasteiger partial charge in [0.25, 0.3) is 5.91 Å². The van der Waals surface area contributed by atoms with Gasteiger partial charge in [-0.3, -0.25) is 4.79 Å². The number of halogens is 1. The normalized spacial score (nSPS) is 25.5. The summed E-state index contributed by atoms with van der Waals surface area (Å²) in [5, 5.41) is 6.56. The van der Waals surface area contributed by atoms with Gasteiger partial charge in [-0.2, -0.15) is 0 Å². The lowest BCUT2D eigenvalue weighted by Crippen LogP contribution is -2.37. The molecule has 2 rings (SSSR count). The zero-order valence-electron chi connectivity index (χ0n) is 8.50. The van der Waals surface area contributed by atoms with E-state index in [2.05, 4.69) is 10.5 Å². The van der Waals surface area contributed by atoms with Crippen LogP contribution in [-0.4, -0.2) is 22.5 Å². The highest BCUT2D eigenvalue weighted by molar-refractivity contribution is 6.21. The van der Waals surface area contributed by atoms with Crippen molar-refractivity contribution in [3.05, 3.63) is 17.5 Å². The Morgan fingerprint density at radius 3 is 3.00 bits per heavy atom. The quantitative estimate of drug-likeness (QED) is 0.787. The highest BCUT2D eigenvalue weighted by Crippen LogP contribution is 2.24. The van der Waals surface area contributed by atoms with Gasteiger partial charge in [0.15, 0.2) is 0 Å². The average molecular weight is 229 g/mol. The summed E-state index contributed by atoms with van der Waals surface area (Å²) >= 11 is 6.05. The number of hydrogen-bond donors (Lipinski definition) is 1. The molecule has 0 aliphatic heterocycles. The number of nitrogens with one attached hydrogen (secondary N) is 1. The first kappa shape index (κ1) is 10.5. The number of carbonyl (C=O) groups is 1. The Kier molecular flexibility index (Phi) is 2.95. The van der Waals surface area contributed by atoms with Crippen LogP contribution in [0.15, 0.2) is 10.6 Å². The van der Waals surface area contributed by atoms with Gasteiger partial charge < -0.3 is 9.84 Å². The highest BCUT2D eigenvalue weighted by atomic mass is 35.5. The number of aryl methyl sites for hydroxylation is 1. The monoisotopic (exact) mass is 228 g/mol. The molecule has 0 radical (unpaired) electrons. The minimum atomic E-state index is -0.229. The maximum atomic E-state index is 11.7. The Hall–Kier alpha value is -1.03. The van der Waals surface area contributed by atoms with E-state index in [0.29, 0.717) is 5.69 Å².